The molecule has 0 bridgehead atoms. The van der Waals surface area contributed by atoms with Crippen molar-refractivity contribution in [3.8, 4) is 22.5 Å². The number of hydrogen-bond acceptors (Lipinski definition) is 10. The van der Waals surface area contributed by atoms with Crippen molar-refractivity contribution < 1.29 is 16.8 Å². The minimum absolute atomic E-state index is 0.146. The Balaban J connectivity index is 0.000000181. The topological polar surface area (TPSA) is 107 Å². The molecule has 6 aromatic rings. The molecule has 18 heteroatoms. The number of nitrogens with zero attached hydrogens (tertiary/aromatic N) is 6. The minimum atomic E-state index is -3.63. The smallest absolute Gasteiger partial charge is 0.244 e. The van der Waals surface area contributed by atoms with E-state index in [0.717, 1.165) is 36.2 Å². The van der Waals surface area contributed by atoms with Gasteiger partial charge in [0.25, 0.3) is 0 Å². The van der Waals surface area contributed by atoms with Gasteiger partial charge in [-0.3, -0.25) is 0 Å². The lowest BCUT2D eigenvalue weighted by Gasteiger charge is -2.34. The van der Waals surface area contributed by atoms with E-state index in [1.165, 1.54) is 36.4 Å². The number of thiazole rings is 2. The van der Waals surface area contributed by atoms with E-state index in [-0.39, 0.29) is 19.8 Å². The van der Waals surface area contributed by atoms with E-state index in [2.05, 4.69) is 110 Å². The fourth-order valence-electron chi connectivity index (χ4n) is 7.19. The average Bonchev–Trinajstić information content (AvgIpc) is 3.90. The highest BCUT2D eigenvalue weighted by Crippen LogP contribution is 2.35. The molecule has 0 radical (unpaired) electrons. The molecule has 8 rings (SSSR count). The first kappa shape index (κ1) is 45.1. The normalized spacial score (nSPS) is 15.5. The Hall–Kier alpha value is -2.90. The molecule has 0 saturated carbocycles. The maximum atomic E-state index is 13.0. The van der Waals surface area contributed by atoms with Gasteiger partial charge < -0.3 is 9.80 Å². The molecular formula is C42H42Br2Cl2N6O4S4. The lowest BCUT2D eigenvalue weighted by atomic mass is 10.0. The molecule has 60 heavy (non-hydrogen) atoms. The van der Waals surface area contributed by atoms with Crippen molar-refractivity contribution in [3.05, 3.63) is 125 Å². The average molecular weight is 1050 g/mol. The molecule has 4 heterocycles. The highest BCUT2D eigenvalue weighted by molar-refractivity contribution is 9.10. The summed E-state index contributed by atoms with van der Waals surface area (Å²) in [4.78, 5) is 14.3. The zero-order chi connectivity index (χ0) is 42.9. The van der Waals surface area contributed by atoms with Crippen LogP contribution >= 0.6 is 77.7 Å². The van der Waals surface area contributed by atoms with E-state index in [1.54, 1.807) is 59.1 Å². The molecule has 0 atom stereocenters. The lowest BCUT2D eigenvalue weighted by molar-refractivity contribution is 0.384. The van der Waals surface area contributed by atoms with Crippen LogP contribution in [0.15, 0.2) is 102 Å². The number of sulfonamides is 2. The summed E-state index contributed by atoms with van der Waals surface area (Å²) in [6.07, 6.45) is 0. The molecular weight excluding hydrogens is 1010 g/mol. The minimum Gasteiger partial charge on any atom is -0.345 e. The number of benzene rings is 4. The van der Waals surface area contributed by atoms with Crippen molar-refractivity contribution in [2.45, 2.75) is 37.5 Å². The van der Waals surface area contributed by atoms with E-state index in [1.807, 2.05) is 6.07 Å². The van der Waals surface area contributed by atoms with Crippen molar-refractivity contribution in [1.29, 1.82) is 0 Å². The molecule has 0 amide bonds. The number of hydrogen-bond donors (Lipinski definition) is 0. The molecule has 316 valence electrons. The fourth-order valence-corrected chi connectivity index (χ4v) is 13.8. The summed E-state index contributed by atoms with van der Waals surface area (Å²) in [6.45, 7) is 12.3. The highest BCUT2D eigenvalue weighted by Gasteiger charge is 2.32. The summed E-state index contributed by atoms with van der Waals surface area (Å²) < 4.78 is 56.6. The second-order valence-corrected chi connectivity index (χ2v) is 22.6. The molecule has 2 aliphatic rings. The van der Waals surface area contributed by atoms with E-state index in [0.29, 0.717) is 52.4 Å². The maximum Gasteiger partial charge on any atom is 0.244 e. The van der Waals surface area contributed by atoms with Gasteiger partial charge in [0.1, 0.15) is 9.79 Å². The van der Waals surface area contributed by atoms with Crippen LogP contribution in [-0.4, -0.2) is 87.8 Å². The number of anilines is 2. The summed E-state index contributed by atoms with van der Waals surface area (Å²) in [5.74, 6) is 0. The van der Waals surface area contributed by atoms with Crippen molar-refractivity contribution in [2.75, 3.05) is 62.2 Å². The van der Waals surface area contributed by atoms with Crippen molar-refractivity contribution in [2.24, 2.45) is 0 Å². The number of aryl methyl sites for hydroxylation is 3. The van der Waals surface area contributed by atoms with Crippen molar-refractivity contribution in [3.63, 3.8) is 0 Å². The van der Waals surface area contributed by atoms with Gasteiger partial charge in [0, 0.05) is 83.2 Å². The van der Waals surface area contributed by atoms with Crippen molar-refractivity contribution >= 4 is 108 Å². The largest absolute Gasteiger partial charge is 0.345 e. The second-order valence-electron chi connectivity index (χ2n) is 14.5. The quantitative estimate of drug-likeness (QED) is 0.148. The van der Waals surface area contributed by atoms with Gasteiger partial charge >= 0.3 is 0 Å². The molecule has 0 unspecified atom stereocenters. The molecule has 2 saturated heterocycles. The van der Waals surface area contributed by atoms with Crippen LogP contribution in [0.25, 0.3) is 22.5 Å². The third-order valence-electron chi connectivity index (χ3n) is 10.6. The number of aromatic nitrogens is 2. The van der Waals surface area contributed by atoms with Crippen molar-refractivity contribution in [1.82, 2.24) is 18.6 Å². The Bertz CT molecular complexity index is 2730. The molecule has 4 aromatic carbocycles. The van der Waals surface area contributed by atoms with Crippen LogP contribution in [0.4, 0.5) is 10.3 Å². The number of halogens is 4. The molecule has 2 aliphatic heterocycles. The Labute approximate surface area is 387 Å². The summed E-state index contributed by atoms with van der Waals surface area (Å²) in [5.41, 5.74) is 9.14. The monoisotopic (exact) mass is 1050 g/mol. The van der Waals surface area contributed by atoms with E-state index < -0.39 is 20.0 Å². The van der Waals surface area contributed by atoms with E-state index in [9.17, 15) is 16.8 Å². The van der Waals surface area contributed by atoms with Gasteiger partial charge in [-0.05, 0) is 86.3 Å². The van der Waals surface area contributed by atoms with Gasteiger partial charge in [-0.1, -0.05) is 91.5 Å². The third kappa shape index (κ3) is 9.68. The molecule has 2 fully saturated rings. The van der Waals surface area contributed by atoms with Gasteiger partial charge in [0.05, 0.1) is 21.4 Å². The van der Waals surface area contributed by atoms with Crippen LogP contribution in [0.1, 0.15) is 22.3 Å². The first-order valence-corrected chi connectivity index (χ1v) is 26.0. The molecule has 0 N–H and O–H groups in total. The SMILES string of the molecule is Cc1cccc(-c2csc(N3CCN(S(=O)(=O)c4ccc(Br)cc4Cl)CC3)n2)c1C.Cc1cccc(C)c1-c1csc(N2CCN(S(=O)(=O)c3ccc(Br)cc3Cl)CC2)n1. The van der Waals surface area contributed by atoms with E-state index >= 15 is 0 Å². The van der Waals surface area contributed by atoms with Crippen LogP contribution in [0.5, 0.6) is 0 Å². The second kappa shape index (κ2) is 18.8. The predicted molar refractivity (Wildman–Crippen MR) is 254 cm³/mol. The van der Waals surface area contributed by atoms with Crippen LogP contribution < -0.4 is 9.80 Å². The molecule has 0 aliphatic carbocycles. The van der Waals surface area contributed by atoms with Crippen LogP contribution in [0, 0.1) is 27.7 Å². The van der Waals surface area contributed by atoms with Crippen LogP contribution in [0.3, 0.4) is 0 Å². The highest BCUT2D eigenvalue weighted by atomic mass is 79.9. The lowest BCUT2D eigenvalue weighted by Crippen LogP contribution is -2.48. The number of piperazine rings is 2. The zero-order valence-electron chi connectivity index (χ0n) is 33.2. The zero-order valence-corrected chi connectivity index (χ0v) is 41.2. The van der Waals surface area contributed by atoms with Crippen LogP contribution in [-0.2, 0) is 20.0 Å². The predicted octanol–water partition coefficient (Wildman–Crippen LogP) is 10.7. The first-order valence-electron chi connectivity index (χ1n) is 19.0. The molecule has 10 nitrogen and oxygen atoms in total. The van der Waals surface area contributed by atoms with Gasteiger partial charge in [-0.25, -0.2) is 26.8 Å². The standard InChI is InChI=1S/2C21H21BrClN3O2S2/c1-14-4-3-5-17(15(14)2)19-13-29-21(24-19)25-8-10-26(11-9-25)30(27,28)20-7-6-16(22)12-18(20)23;1-14-4-3-5-15(2)20(14)18-13-29-21(24-18)25-8-10-26(11-9-25)30(27,28)19-7-6-16(22)12-17(19)23/h2*3-7,12-13H,8-11H2,1-2H3. The van der Waals surface area contributed by atoms with Gasteiger partial charge in [0.15, 0.2) is 10.3 Å². The van der Waals surface area contributed by atoms with Crippen LogP contribution in [0.2, 0.25) is 10.0 Å². The molecule has 0 spiro atoms. The van der Waals surface area contributed by atoms with E-state index in [4.69, 9.17) is 33.2 Å². The Kier molecular flexibility index (Phi) is 14.2. The Morgan fingerprint density at radius 1 is 0.567 bits per heavy atom. The summed E-state index contributed by atoms with van der Waals surface area (Å²) in [5, 5.41) is 6.45. The maximum absolute atomic E-state index is 13.0. The Morgan fingerprint density at radius 3 is 1.45 bits per heavy atom. The van der Waals surface area contributed by atoms with Gasteiger partial charge in [0.2, 0.25) is 20.0 Å². The summed E-state index contributed by atoms with van der Waals surface area (Å²) in [6, 6.07) is 22.2. The number of rotatable bonds is 8. The summed E-state index contributed by atoms with van der Waals surface area (Å²) in [7, 11) is -7.25. The third-order valence-corrected chi connectivity index (χ3v) is 18.2. The Morgan fingerprint density at radius 2 is 0.983 bits per heavy atom. The molecule has 2 aromatic heterocycles. The van der Waals surface area contributed by atoms with Gasteiger partial charge in [-0.2, -0.15) is 8.61 Å². The fraction of sp³-hybridized carbons (Fsp3) is 0.286. The summed E-state index contributed by atoms with van der Waals surface area (Å²) >= 11 is 22.2. The first-order chi connectivity index (χ1) is 28.5. The van der Waals surface area contributed by atoms with Gasteiger partial charge in [-0.15, -0.1) is 22.7 Å².